The molecule has 27 heavy (non-hydrogen) atoms. The largest absolute Gasteiger partial charge is 0.310 e. The second-order valence-corrected chi connectivity index (χ2v) is 6.36. The summed E-state index contributed by atoms with van der Waals surface area (Å²) in [5, 5.41) is 0. The molecule has 0 aliphatic carbocycles. The summed E-state index contributed by atoms with van der Waals surface area (Å²) in [5.74, 6) is -9.24. The number of hydrogen-bond donors (Lipinski definition) is 0. The lowest BCUT2D eigenvalue weighted by Crippen LogP contribution is -2.12. The quantitative estimate of drug-likeness (QED) is 0.272. The zero-order valence-corrected chi connectivity index (χ0v) is 14.6. The van der Waals surface area contributed by atoms with E-state index < -0.39 is 34.9 Å². The average Bonchev–Trinajstić information content (AvgIpc) is 2.64. The first kappa shape index (κ1) is 19.2. The van der Waals surface area contributed by atoms with E-state index in [2.05, 4.69) is 0 Å². The number of nitrogens with zero attached hydrogens (tertiary/aromatic N) is 1. The third kappa shape index (κ3) is 3.75. The fourth-order valence-electron chi connectivity index (χ4n) is 2.52. The van der Waals surface area contributed by atoms with Gasteiger partial charge in [0.2, 0.25) is 0 Å². The molecule has 0 unspecified atom stereocenters. The number of halogens is 6. The lowest BCUT2D eigenvalue weighted by atomic mass is 10.1. The molecule has 0 aliphatic heterocycles. The minimum absolute atomic E-state index is 0.228. The van der Waals surface area contributed by atoms with Crippen LogP contribution in [0, 0.1) is 34.9 Å². The van der Waals surface area contributed by atoms with Crippen molar-refractivity contribution in [3.05, 3.63) is 83.4 Å². The highest BCUT2D eigenvalue weighted by molar-refractivity contribution is 7.98. The Bertz CT molecular complexity index is 886. The molecule has 0 heterocycles. The van der Waals surface area contributed by atoms with Gasteiger partial charge in [0.1, 0.15) is 0 Å². The van der Waals surface area contributed by atoms with Crippen molar-refractivity contribution in [1.29, 1.82) is 0 Å². The van der Waals surface area contributed by atoms with Gasteiger partial charge in [0.05, 0.1) is 11.4 Å². The summed E-state index contributed by atoms with van der Waals surface area (Å²) < 4.78 is 81.5. The molecule has 0 saturated heterocycles. The second kappa shape index (κ2) is 7.56. The van der Waals surface area contributed by atoms with E-state index in [9.17, 15) is 26.3 Å². The molecule has 0 bridgehead atoms. The van der Waals surface area contributed by atoms with Crippen LogP contribution in [0.5, 0.6) is 0 Å². The van der Waals surface area contributed by atoms with Crippen LogP contribution in [-0.4, -0.2) is 6.26 Å². The Balaban J connectivity index is 2.23. The monoisotopic (exact) mass is 399 g/mol. The summed E-state index contributed by atoms with van der Waals surface area (Å²) in [6.07, 6.45) is 1.84. The minimum atomic E-state index is -1.67. The lowest BCUT2D eigenvalue weighted by molar-refractivity contribution is 0.446. The smallest absolute Gasteiger partial charge is 0.194 e. The molecule has 0 aliphatic rings. The standard InChI is InChI=1S/C19H11F6NS/c1-27-13-4-2-10(3-5-13)26(11-6-14(20)18(24)15(21)7-11)12-8-16(22)19(25)17(23)9-12/h2-9H,1H3. The molecule has 0 aromatic heterocycles. The van der Waals surface area contributed by atoms with Gasteiger partial charge < -0.3 is 4.90 Å². The van der Waals surface area contributed by atoms with Crippen LogP contribution in [0.1, 0.15) is 0 Å². The van der Waals surface area contributed by atoms with Crippen LogP contribution in [-0.2, 0) is 0 Å². The molecule has 0 amide bonds. The maximum absolute atomic E-state index is 13.7. The number of anilines is 3. The molecule has 8 heteroatoms. The Morgan fingerprint density at radius 3 is 1.30 bits per heavy atom. The maximum Gasteiger partial charge on any atom is 0.194 e. The number of rotatable bonds is 4. The molecular weight excluding hydrogens is 388 g/mol. The first-order chi connectivity index (χ1) is 12.8. The van der Waals surface area contributed by atoms with Gasteiger partial charge in [-0.2, -0.15) is 0 Å². The maximum atomic E-state index is 13.7. The van der Waals surface area contributed by atoms with Gasteiger partial charge in [-0.1, -0.05) is 0 Å². The van der Waals surface area contributed by atoms with Crippen molar-refractivity contribution >= 4 is 28.8 Å². The molecular formula is C19H11F6NS. The van der Waals surface area contributed by atoms with E-state index in [0.29, 0.717) is 24.3 Å². The van der Waals surface area contributed by atoms with E-state index in [1.165, 1.54) is 11.8 Å². The summed E-state index contributed by atoms with van der Waals surface area (Å²) >= 11 is 1.44. The van der Waals surface area contributed by atoms with Crippen LogP contribution < -0.4 is 4.90 Å². The van der Waals surface area contributed by atoms with Crippen LogP contribution in [0.2, 0.25) is 0 Å². The molecule has 3 rings (SSSR count). The fourth-order valence-corrected chi connectivity index (χ4v) is 2.93. The van der Waals surface area contributed by atoms with E-state index in [-0.39, 0.29) is 17.1 Å². The summed E-state index contributed by atoms with van der Waals surface area (Å²) in [6.45, 7) is 0. The van der Waals surface area contributed by atoms with Gasteiger partial charge >= 0.3 is 0 Å². The van der Waals surface area contributed by atoms with E-state index in [0.717, 1.165) is 9.80 Å². The van der Waals surface area contributed by atoms with Gasteiger partial charge in [0.25, 0.3) is 0 Å². The molecule has 0 saturated carbocycles. The van der Waals surface area contributed by atoms with Crippen molar-refractivity contribution in [2.75, 3.05) is 11.2 Å². The predicted octanol–water partition coefficient (Wildman–Crippen LogP) is 6.71. The summed E-state index contributed by atoms with van der Waals surface area (Å²) in [6, 6.07) is 9.17. The number of hydrogen-bond acceptors (Lipinski definition) is 2. The molecule has 140 valence electrons. The highest BCUT2D eigenvalue weighted by Crippen LogP contribution is 2.37. The van der Waals surface area contributed by atoms with Gasteiger partial charge in [0.15, 0.2) is 34.9 Å². The molecule has 0 fully saturated rings. The zero-order chi connectivity index (χ0) is 19.7. The Labute approximate surface area is 155 Å². The highest BCUT2D eigenvalue weighted by Gasteiger charge is 2.21. The van der Waals surface area contributed by atoms with Crippen LogP contribution >= 0.6 is 11.8 Å². The van der Waals surface area contributed by atoms with Crippen molar-refractivity contribution in [2.24, 2.45) is 0 Å². The fraction of sp³-hybridized carbons (Fsp3) is 0.0526. The Kier molecular flexibility index (Phi) is 5.36. The van der Waals surface area contributed by atoms with Crippen molar-refractivity contribution in [3.8, 4) is 0 Å². The predicted molar refractivity (Wildman–Crippen MR) is 92.7 cm³/mol. The molecule has 3 aromatic rings. The van der Waals surface area contributed by atoms with E-state index >= 15 is 0 Å². The Morgan fingerprint density at radius 2 is 0.963 bits per heavy atom. The average molecular weight is 399 g/mol. The topological polar surface area (TPSA) is 3.24 Å². The molecule has 0 N–H and O–H groups in total. The lowest BCUT2D eigenvalue weighted by Gasteiger charge is -2.26. The minimum Gasteiger partial charge on any atom is -0.310 e. The highest BCUT2D eigenvalue weighted by atomic mass is 32.2. The van der Waals surface area contributed by atoms with Crippen molar-refractivity contribution in [1.82, 2.24) is 0 Å². The van der Waals surface area contributed by atoms with Gasteiger partial charge in [-0.05, 0) is 30.5 Å². The third-order valence-corrected chi connectivity index (χ3v) is 4.53. The van der Waals surface area contributed by atoms with E-state index in [1.54, 1.807) is 24.3 Å². The molecule has 0 spiro atoms. The van der Waals surface area contributed by atoms with Crippen LogP contribution in [0.4, 0.5) is 43.4 Å². The molecule has 0 radical (unpaired) electrons. The Morgan fingerprint density at radius 1 is 0.593 bits per heavy atom. The summed E-state index contributed by atoms with van der Waals surface area (Å²) in [7, 11) is 0. The SMILES string of the molecule is CSc1ccc(N(c2cc(F)c(F)c(F)c2)c2cc(F)c(F)c(F)c2)cc1. The van der Waals surface area contributed by atoms with E-state index in [4.69, 9.17) is 0 Å². The van der Waals surface area contributed by atoms with E-state index in [1.807, 2.05) is 6.26 Å². The number of benzene rings is 3. The van der Waals surface area contributed by atoms with Gasteiger partial charge in [-0.25, -0.2) is 26.3 Å². The third-order valence-electron chi connectivity index (χ3n) is 3.78. The van der Waals surface area contributed by atoms with Crippen molar-refractivity contribution in [2.45, 2.75) is 4.90 Å². The van der Waals surface area contributed by atoms with Crippen LogP contribution in [0.15, 0.2) is 53.4 Å². The zero-order valence-electron chi connectivity index (χ0n) is 13.7. The van der Waals surface area contributed by atoms with Crippen LogP contribution in [0.3, 0.4) is 0 Å². The van der Waals surface area contributed by atoms with Crippen LogP contribution in [0.25, 0.3) is 0 Å². The normalized spacial score (nSPS) is 10.9. The molecule has 3 aromatic carbocycles. The van der Waals surface area contributed by atoms with Gasteiger partial charge in [-0.15, -0.1) is 11.8 Å². The van der Waals surface area contributed by atoms with Gasteiger partial charge in [0, 0.05) is 34.8 Å². The summed E-state index contributed by atoms with van der Waals surface area (Å²) in [4.78, 5) is 1.95. The summed E-state index contributed by atoms with van der Waals surface area (Å²) in [5.41, 5.74) is -0.175. The second-order valence-electron chi connectivity index (χ2n) is 5.48. The number of thioether (sulfide) groups is 1. The van der Waals surface area contributed by atoms with Crippen molar-refractivity contribution in [3.63, 3.8) is 0 Å². The van der Waals surface area contributed by atoms with Crippen molar-refractivity contribution < 1.29 is 26.3 Å². The van der Waals surface area contributed by atoms with Gasteiger partial charge in [-0.3, -0.25) is 0 Å². The molecule has 0 atom stereocenters. The first-order valence-corrected chi connectivity index (χ1v) is 8.77. The molecule has 1 nitrogen and oxygen atoms in total. The Hall–Kier alpha value is -2.61. The first-order valence-electron chi connectivity index (χ1n) is 7.55.